The molecule has 0 aliphatic carbocycles. The third kappa shape index (κ3) is 3.19. The molecule has 128 valence electrons. The van der Waals surface area contributed by atoms with Gasteiger partial charge in [-0.15, -0.1) is 0 Å². The minimum Gasteiger partial charge on any atom is -0.397 e. The summed E-state index contributed by atoms with van der Waals surface area (Å²) < 4.78 is 0. The molecule has 0 saturated carbocycles. The first-order chi connectivity index (χ1) is 12.7. The number of rotatable bonds is 4. The maximum atomic E-state index is 6.01. The monoisotopic (exact) mass is 341 g/mol. The highest BCUT2D eigenvalue weighted by Gasteiger charge is 2.07. The first-order valence-corrected chi connectivity index (χ1v) is 8.46. The molecular weight excluding hydrogens is 322 g/mol. The van der Waals surface area contributed by atoms with E-state index in [2.05, 4.69) is 38.5 Å². The van der Waals surface area contributed by atoms with Crippen LogP contribution in [-0.4, -0.2) is 15.0 Å². The first-order valence-electron chi connectivity index (χ1n) is 8.46. The molecule has 4 rings (SSSR count). The average Bonchev–Trinajstić information content (AvgIpc) is 2.69. The van der Waals surface area contributed by atoms with Crippen molar-refractivity contribution < 1.29 is 0 Å². The molecule has 5 nitrogen and oxygen atoms in total. The minimum absolute atomic E-state index is 0.689. The Kier molecular flexibility index (Phi) is 4.19. The van der Waals surface area contributed by atoms with E-state index in [-0.39, 0.29) is 0 Å². The van der Waals surface area contributed by atoms with Gasteiger partial charge in [0, 0.05) is 23.7 Å². The fraction of sp³-hybridized carbons (Fsp3) is 0.0952. The third-order valence-corrected chi connectivity index (χ3v) is 4.40. The van der Waals surface area contributed by atoms with Crippen LogP contribution in [0.3, 0.4) is 0 Å². The Morgan fingerprint density at radius 3 is 2.58 bits per heavy atom. The van der Waals surface area contributed by atoms with Gasteiger partial charge in [0.2, 0.25) is 0 Å². The lowest BCUT2D eigenvalue weighted by atomic mass is 10.0. The van der Waals surface area contributed by atoms with E-state index in [0.717, 1.165) is 33.5 Å². The molecule has 26 heavy (non-hydrogen) atoms. The van der Waals surface area contributed by atoms with Gasteiger partial charge >= 0.3 is 0 Å². The van der Waals surface area contributed by atoms with Crippen LogP contribution in [0.15, 0.2) is 67.1 Å². The molecule has 0 bridgehead atoms. The molecule has 0 amide bonds. The van der Waals surface area contributed by atoms with Crippen molar-refractivity contribution in [1.29, 1.82) is 0 Å². The van der Waals surface area contributed by atoms with Crippen molar-refractivity contribution in [2.75, 3.05) is 11.1 Å². The van der Waals surface area contributed by atoms with Crippen molar-refractivity contribution in [1.82, 2.24) is 15.0 Å². The Balaban J connectivity index is 1.71. The fourth-order valence-corrected chi connectivity index (χ4v) is 2.87. The van der Waals surface area contributed by atoms with E-state index in [1.165, 1.54) is 5.56 Å². The van der Waals surface area contributed by atoms with Gasteiger partial charge in [0.15, 0.2) is 0 Å². The number of hydrogen-bond acceptors (Lipinski definition) is 5. The average molecular weight is 341 g/mol. The van der Waals surface area contributed by atoms with E-state index in [9.17, 15) is 0 Å². The Hall–Kier alpha value is -3.47. The molecule has 0 atom stereocenters. The quantitative estimate of drug-likeness (QED) is 0.582. The van der Waals surface area contributed by atoms with Crippen molar-refractivity contribution in [2.24, 2.45) is 0 Å². The van der Waals surface area contributed by atoms with Crippen molar-refractivity contribution in [3.05, 3.63) is 78.4 Å². The Morgan fingerprint density at radius 2 is 1.77 bits per heavy atom. The highest BCUT2D eigenvalue weighted by atomic mass is 15.0. The Labute approximate surface area is 152 Å². The highest BCUT2D eigenvalue weighted by Crippen LogP contribution is 2.28. The molecule has 0 unspecified atom stereocenters. The minimum atomic E-state index is 0.689. The number of nitrogen functional groups attached to an aromatic ring is 1. The van der Waals surface area contributed by atoms with Crippen LogP contribution in [0.25, 0.3) is 22.0 Å². The van der Waals surface area contributed by atoms with E-state index in [1.807, 2.05) is 49.5 Å². The van der Waals surface area contributed by atoms with Crippen LogP contribution < -0.4 is 11.1 Å². The maximum Gasteiger partial charge on any atom is 0.137 e. The number of pyridine rings is 1. The number of hydrogen-bond donors (Lipinski definition) is 2. The second-order valence-corrected chi connectivity index (χ2v) is 6.19. The second-order valence-electron chi connectivity index (χ2n) is 6.19. The normalized spacial score (nSPS) is 10.8. The molecule has 2 aromatic carbocycles. The number of nitrogens with zero attached hydrogens (tertiary/aromatic N) is 3. The molecule has 4 aromatic rings. The summed E-state index contributed by atoms with van der Waals surface area (Å²) in [5.41, 5.74) is 11.6. The van der Waals surface area contributed by atoms with Gasteiger partial charge in [-0.25, -0.2) is 9.97 Å². The first kappa shape index (κ1) is 16.0. The van der Waals surface area contributed by atoms with Gasteiger partial charge in [0.25, 0.3) is 0 Å². The number of aryl methyl sites for hydroxylation is 1. The summed E-state index contributed by atoms with van der Waals surface area (Å²) in [6, 6.07) is 18.3. The van der Waals surface area contributed by atoms with Crippen LogP contribution in [0.2, 0.25) is 0 Å². The van der Waals surface area contributed by atoms with Crippen LogP contribution in [0.5, 0.6) is 0 Å². The fourth-order valence-electron chi connectivity index (χ4n) is 2.87. The molecule has 0 aliphatic heterocycles. The topological polar surface area (TPSA) is 76.7 Å². The zero-order valence-electron chi connectivity index (χ0n) is 14.5. The van der Waals surface area contributed by atoms with Crippen LogP contribution in [-0.2, 0) is 6.54 Å². The number of benzene rings is 2. The molecule has 0 fully saturated rings. The Morgan fingerprint density at radius 1 is 0.923 bits per heavy atom. The zero-order valence-corrected chi connectivity index (χ0v) is 14.5. The molecule has 0 spiro atoms. The number of fused-ring (bicyclic) bond motifs is 1. The molecule has 0 radical (unpaired) electrons. The van der Waals surface area contributed by atoms with E-state index in [0.29, 0.717) is 12.2 Å². The third-order valence-electron chi connectivity index (χ3n) is 4.40. The number of anilines is 2. The summed E-state index contributed by atoms with van der Waals surface area (Å²) in [6.07, 6.45) is 3.43. The summed E-state index contributed by atoms with van der Waals surface area (Å²) in [6.45, 7) is 2.61. The van der Waals surface area contributed by atoms with Gasteiger partial charge in [-0.3, -0.25) is 4.98 Å². The van der Waals surface area contributed by atoms with Gasteiger partial charge in [0.05, 0.1) is 16.9 Å². The van der Waals surface area contributed by atoms with E-state index in [1.54, 1.807) is 6.33 Å². The standard InChI is InChI=1S/C21H19N5/c1-14-19(22)10-17(12-23-14)16-7-8-20-18(9-16)21(26-13-25-20)24-11-15-5-3-2-4-6-15/h2-10,12-13H,11,22H2,1H3,(H,24,25,26). The molecular formula is C21H19N5. The lowest BCUT2D eigenvalue weighted by Crippen LogP contribution is -2.02. The largest absolute Gasteiger partial charge is 0.397 e. The van der Waals surface area contributed by atoms with Gasteiger partial charge < -0.3 is 11.1 Å². The lowest BCUT2D eigenvalue weighted by molar-refractivity contribution is 1.10. The lowest BCUT2D eigenvalue weighted by Gasteiger charge is -2.10. The highest BCUT2D eigenvalue weighted by molar-refractivity contribution is 5.92. The van der Waals surface area contributed by atoms with Crippen LogP contribution >= 0.6 is 0 Å². The molecule has 2 aromatic heterocycles. The Bertz CT molecular complexity index is 1060. The van der Waals surface area contributed by atoms with Gasteiger partial charge in [-0.2, -0.15) is 0 Å². The van der Waals surface area contributed by atoms with Gasteiger partial charge in [-0.05, 0) is 36.2 Å². The number of nitrogens with one attached hydrogen (secondary N) is 1. The molecule has 2 heterocycles. The zero-order chi connectivity index (χ0) is 17.9. The van der Waals surface area contributed by atoms with Crippen LogP contribution in [0, 0.1) is 6.92 Å². The number of aromatic nitrogens is 3. The van der Waals surface area contributed by atoms with Gasteiger partial charge in [0.1, 0.15) is 12.1 Å². The van der Waals surface area contributed by atoms with E-state index >= 15 is 0 Å². The van der Waals surface area contributed by atoms with E-state index in [4.69, 9.17) is 5.73 Å². The van der Waals surface area contributed by atoms with Gasteiger partial charge in [-0.1, -0.05) is 36.4 Å². The molecule has 3 N–H and O–H groups in total. The van der Waals surface area contributed by atoms with Crippen molar-refractivity contribution in [2.45, 2.75) is 13.5 Å². The van der Waals surface area contributed by atoms with Crippen molar-refractivity contribution >= 4 is 22.4 Å². The summed E-state index contributed by atoms with van der Waals surface area (Å²) in [7, 11) is 0. The second kappa shape index (κ2) is 6.80. The summed E-state index contributed by atoms with van der Waals surface area (Å²) in [5.74, 6) is 0.814. The summed E-state index contributed by atoms with van der Waals surface area (Å²) in [5, 5.41) is 4.38. The molecule has 5 heteroatoms. The predicted molar refractivity (Wildman–Crippen MR) is 106 cm³/mol. The molecule has 0 aliphatic rings. The summed E-state index contributed by atoms with van der Waals surface area (Å²) >= 11 is 0. The van der Waals surface area contributed by atoms with E-state index < -0.39 is 0 Å². The SMILES string of the molecule is Cc1ncc(-c2ccc3ncnc(NCc4ccccc4)c3c2)cc1N. The van der Waals surface area contributed by atoms with Crippen molar-refractivity contribution in [3.8, 4) is 11.1 Å². The maximum absolute atomic E-state index is 6.01. The smallest absolute Gasteiger partial charge is 0.137 e. The number of nitrogens with two attached hydrogens (primary N) is 1. The molecule has 0 saturated heterocycles. The van der Waals surface area contributed by atoms with Crippen LogP contribution in [0.4, 0.5) is 11.5 Å². The predicted octanol–water partition coefficient (Wildman–Crippen LogP) is 4.19. The van der Waals surface area contributed by atoms with Crippen molar-refractivity contribution in [3.63, 3.8) is 0 Å². The van der Waals surface area contributed by atoms with Crippen LogP contribution in [0.1, 0.15) is 11.3 Å². The summed E-state index contributed by atoms with van der Waals surface area (Å²) in [4.78, 5) is 13.2.